The number of nitrogens with one attached hydrogen (secondary N) is 2. The van der Waals surface area contributed by atoms with Gasteiger partial charge in [-0.15, -0.1) is 0 Å². The van der Waals surface area contributed by atoms with Gasteiger partial charge in [0.2, 0.25) is 0 Å². The van der Waals surface area contributed by atoms with Crippen LogP contribution in [0.4, 0.5) is 5.82 Å². The normalized spacial score (nSPS) is 14.9. The number of rotatable bonds is 5. The first-order chi connectivity index (χ1) is 14.5. The molecule has 7 nitrogen and oxygen atoms in total. The molecular formula is C22H20ClN5O2. The van der Waals surface area contributed by atoms with Crippen LogP contribution in [0.15, 0.2) is 41.6 Å². The maximum Gasteiger partial charge on any atom is 0.260 e. The van der Waals surface area contributed by atoms with Crippen LogP contribution in [0.2, 0.25) is 5.02 Å². The first-order valence-electron chi connectivity index (χ1n) is 9.89. The maximum atomic E-state index is 13.3. The fourth-order valence-electron chi connectivity index (χ4n) is 4.03. The SMILES string of the molecule is CC(=O)c1c[nH]c2ncnc(N[C@@H](C)c3cc4cccc(Cl)c4c(=O)n3C3CC3)c12. The molecule has 0 spiro atoms. The molecule has 5 rings (SSSR count). The number of carbonyl (C=O) groups is 1. The standard InChI is InChI=1S/C22H20ClN5O2/c1-11(27-21-19-15(12(2)29)9-24-20(19)25-10-26-21)17-8-13-4-3-5-16(23)18(13)22(30)28(17)14-6-7-14/h3-5,8-11,14H,6-7H2,1-2H3,(H2,24,25,26,27)/t11-/m0/s1. The van der Waals surface area contributed by atoms with E-state index in [-0.39, 0.29) is 23.4 Å². The summed E-state index contributed by atoms with van der Waals surface area (Å²) in [4.78, 5) is 37.0. The van der Waals surface area contributed by atoms with Crippen LogP contribution < -0.4 is 10.9 Å². The molecule has 1 atom stereocenters. The van der Waals surface area contributed by atoms with Gasteiger partial charge in [0, 0.05) is 23.5 Å². The molecule has 0 aliphatic heterocycles. The molecule has 4 aromatic rings. The molecule has 1 saturated carbocycles. The Hall–Kier alpha value is -3.19. The van der Waals surface area contributed by atoms with Crippen molar-refractivity contribution in [3.05, 3.63) is 63.4 Å². The van der Waals surface area contributed by atoms with Gasteiger partial charge in [0.1, 0.15) is 17.8 Å². The summed E-state index contributed by atoms with van der Waals surface area (Å²) in [6.07, 6.45) is 5.04. The highest BCUT2D eigenvalue weighted by atomic mass is 35.5. The van der Waals surface area contributed by atoms with Crippen molar-refractivity contribution in [3.63, 3.8) is 0 Å². The molecule has 3 aromatic heterocycles. The Bertz CT molecular complexity index is 1370. The molecule has 0 unspecified atom stereocenters. The van der Waals surface area contributed by atoms with Gasteiger partial charge in [-0.3, -0.25) is 9.59 Å². The van der Waals surface area contributed by atoms with Gasteiger partial charge in [0.25, 0.3) is 5.56 Å². The fraction of sp³-hybridized carbons (Fsp3) is 0.273. The summed E-state index contributed by atoms with van der Waals surface area (Å²) in [5, 5.41) is 5.88. The minimum atomic E-state index is -0.227. The number of benzene rings is 1. The molecule has 30 heavy (non-hydrogen) atoms. The van der Waals surface area contributed by atoms with Crippen molar-refractivity contribution in [1.29, 1.82) is 0 Å². The third-order valence-electron chi connectivity index (χ3n) is 5.62. The summed E-state index contributed by atoms with van der Waals surface area (Å²) in [6, 6.07) is 7.47. The Kier molecular flexibility index (Phi) is 4.36. The van der Waals surface area contributed by atoms with Crippen molar-refractivity contribution in [1.82, 2.24) is 19.5 Å². The van der Waals surface area contributed by atoms with Crippen LogP contribution in [0.5, 0.6) is 0 Å². The van der Waals surface area contributed by atoms with Crippen LogP contribution in [-0.2, 0) is 0 Å². The summed E-state index contributed by atoms with van der Waals surface area (Å²) in [6.45, 7) is 3.50. The highest BCUT2D eigenvalue weighted by Crippen LogP contribution is 2.38. The summed E-state index contributed by atoms with van der Waals surface area (Å²) >= 11 is 6.34. The van der Waals surface area contributed by atoms with Crippen molar-refractivity contribution < 1.29 is 4.79 Å². The number of pyridine rings is 1. The van der Waals surface area contributed by atoms with Crippen LogP contribution in [0.3, 0.4) is 0 Å². The molecule has 1 aliphatic rings. The molecule has 1 fully saturated rings. The average Bonchev–Trinajstić information content (AvgIpc) is 3.44. The lowest BCUT2D eigenvalue weighted by molar-refractivity contribution is 0.101. The summed E-state index contributed by atoms with van der Waals surface area (Å²) < 4.78 is 1.85. The summed E-state index contributed by atoms with van der Waals surface area (Å²) in [5.41, 5.74) is 1.92. The molecule has 8 heteroatoms. The number of hydrogen-bond acceptors (Lipinski definition) is 5. The molecule has 3 heterocycles. The number of Topliss-reactive ketones (excluding diaryl/α,β-unsaturated/α-hetero) is 1. The topological polar surface area (TPSA) is 92.7 Å². The minimum Gasteiger partial charge on any atom is -0.361 e. The zero-order valence-electron chi connectivity index (χ0n) is 16.6. The first kappa shape index (κ1) is 18.8. The van der Waals surface area contributed by atoms with Gasteiger partial charge in [-0.05, 0) is 44.2 Å². The Morgan fingerprint density at radius 1 is 1.30 bits per heavy atom. The number of fused-ring (bicyclic) bond motifs is 2. The molecular weight excluding hydrogens is 402 g/mol. The molecule has 0 radical (unpaired) electrons. The molecule has 1 aliphatic carbocycles. The van der Waals surface area contributed by atoms with E-state index in [1.165, 1.54) is 13.3 Å². The lowest BCUT2D eigenvalue weighted by atomic mass is 10.1. The maximum absolute atomic E-state index is 13.3. The number of aromatic amines is 1. The summed E-state index contributed by atoms with van der Waals surface area (Å²) in [5.74, 6) is 0.488. The highest BCUT2D eigenvalue weighted by Gasteiger charge is 2.30. The second-order valence-corrected chi connectivity index (χ2v) is 8.16. The molecule has 2 N–H and O–H groups in total. The van der Waals surface area contributed by atoms with Crippen LogP contribution in [-0.4, -0.2) is 25.3 Å². The molecule has 0 amide bonds. The van der Waals surface area contributed by atoms with Crippen molar-refractivity contribution in [2.24, 2.45) is 0 Å². The van der Waals surface area contributed by atoms with Crippen molar-refractivity contribution in [2.45, 2.75) is 38.8 Å². The number of H-pyrrole nitrogens is 1. The number of carbonyl (C=O) groups excluding carboxylic acids is 1. The number of nitrogens with zero attached hydrogens (tertiary/aromatic N) is 3. The van der Waals surface area contributed by atoms with Gasteiger partial charge >= 0.3 is 0 Å². The molecule has 0 bridgehead atoms. The smallest absolute Gasteiger partial charge is 0.260 e. The Balaban J connectivity index is 1.64. The molecule has 0 saturated heterocycles. The van der Waals surface area contributed by atoms with Gasteiger partial charge in [0.15, 0.2) is 5.78 Å². The van der Waals surface area contributed by atoms with E-state index in [9.17, 15) is 9.59 Å². The largest absolute Gasteiger partial charge is 0.361 e. The Morgan fingerprint density at radius 2 is 2.10 bits per heavy atom. The van der Waals surface area contributed by atoms with E-state index >= 15 is 0 Å². The van der Waals surface area contributed by atoms with Crippen LogP contribution >= 0.6 is 11.6 Å². The number of aromatic nitrogens is 4. The zero-order chi connectivity index (χ0) is 21.0. The summed E-state index contributed by atoms with van der Waals surface area (Å²) in [7, 11) is 0. The quantitative estimate of drug-likeness (QED) is 0.458. The third-order valence-corrected chi connectivity index (χ3v) is 5.93. The van der Waals surface area contributed by atoms with E-state index in [2.05, 4.69) is 20.3 Å². The predicted molar refractivity (Wildman–Crippen MR) is 117 cm³/mol. The second-order valence-electron chi connectivity index (χ2n) is 7.75. The number of hydrogen-bond donors (Lipinski definition) is 2. The van der Waals surface area contributed by atoms with Gasteiger partial charge in [-0.1, -0.05) is 23.7 Å². The van der Waals surface area contributed by atoms with Gasteiger partial charge in [-0.2, -0.15) is 0 Å². The zero-order valence-corrected chi connectivity index (χ0v) is 17.3. The van der Waals surface area contributed by atoms with Gasteiger partial charge in [-0.25, -0.2) is 9.97 Å². The molecule has 1 aromatic carbocycles. The van der Waals surface area contributed by atoms with Crippen molar-refractivity contribution in [2.75, 3.05) is 5.32 Å². The Labute approximate surface area is 177 Å². The van der Waals surface area contributed by atoms with E-state index in [0.717, 1.165) is 23.9 Å². The number of halogens is 1. The molecule has 152 valence electrons. The fourth-order valence-corrected chi connectivity index (χ4v) is 4.29. The number of anilines is 1. The van der Waals surface area contributed by atoms with E-state index in [1.54, 1.807) is 12.3 Å². The lowest BCUT2D eigenvalue weighted by Gasteiger charge is -2.21. The van der Waals surface area contributed by atoms with Crippen LogP contribution in [0.25, 0.3) is 21.8 Å². The van der Waals surface area contributed by atoms with Crippen LogP contribution in [0, 0.1) is 0 Å². The second kappa shape index (κ2) is 6.95. The van der Waals surface area contributed by atoms with E-state index in [4.69, 9.17) is 11.6 Å². The first-order valence-corrected chi connectivity index (χ1v) is 10.3. The highest BCUT2D eigenvalue weighted by molar-refractivity contribution is 6.35. The van der Waals surface area contributed by atoms with Crippen LogP contribution in [0.1, 0.15) is 54.8 Å². The Morgan fingerprint density at radius 3 is 2.83 bits per heavy atom. The number of ketones is 1. The van der Waals surface area contributed by atoms with Crippen molar-refractivity contribution >= 4 is 45.0 Å². The minimum absolute atomic E-state index is 0.0665. The predicted octanol–water partition coefficient (Wildman–Crippen LogP) is 4.64. The van der Waals surface area contributed by atoms with Crippen molar-refractivity contribution in [3.8, 4) is 0 Å². The monoisotopic (exact) mass is 421 g/mol. The van der Waals surface area contributed by atoms with E-state index < -0.39 is 0 Å². The average molecular weight is 422 g/mol. The third kappa shape index (κ3) is 2.97. The van der Waals surface area contributed by atoms with Gasteiger partial charge < -0.3 is 14.9 Å². The van der Waals surface area contributed by atoms with Gasteiger partial charge in [0.05, 0.1) is 21.8 Å². The van der Waals surface area contributed by atoms with E-state index in [0.29, 0.717) is 32.8 Å². The lowest BCUT2D eigenvalue weighted by Crippen LogP contribution is -2.26. The van der Waals surface area contributed by atoms with E-state index in [1.807, 2.05) is 29.7 Å².